The van der Waals surface area contributed by atoms with E-state index in [0.717, 1.165) is 43.2 Å². The van der Waals surface area contributed by atoms with E-state index in [1.54, 1.807) is 12.1 Å². The van der Waals surface area contributed by atoms with Crippen LogP contribution in [0.4, 0.5) is 15.8 Å². The number of hydrogen-bond acceptors (Lipinski definition) is 5. The van der Waals surface area contributed by atoms with E-state index in [9.17, 15) is 9.18 Å². The highest BCUT2D eigenvalue weighted by atomic mass is 19.1. The normalized spacial score (nSPS) is 22.6. The summed E-state index contributed by atoms with van der Waals surface area (Å²) in [4.78, 5) is 14.8. The van der Waals surface area contributed by atoms with E-state index < -0.39 is 0 Å². The van der Waals surface area contributed by atoms with Crippen LogP contribution in [0.2, 0.25) is 0 Å². The molecule has 2 unspecified atom stereocenters. The molecule has 4 rings (SSSR count). The van der Waals surface area contributed by atoms with Gasteiger partial charge in [0, 0.05) is 30.5 Å². The van der Waals surface area contributed by atoms with Gasteiger partial charge >= 0.3 is 0 Å². The molecule has 0 spiro atoms. The van der Waals surface area contributed by atoms with Crippen molar-refractivity contribution in [2.24, 2.45) is 0 Å². The molecule has 142 valence electrons. The number of anilines is 2. The van der Waals surface area contributed by atoms with Crippen LogP contribution in [0.25, 0.3) is 0 Å². The zero-order valence-corrected chi connectivity index (χ0v) is 15.0. The summed E-state index contributed by atoms with van der Waals surface area (Å²) in [5.74, 6) is -0.356. The van der Waals surface area contributed by atoms with Gasteiger partial charge in [-0.15, -0.1) is 0 Å². The van der Waals surface area contributed by atoms with Gasteiger partial charge in [0.1, 0.15) is 11.9 Å². The second-order valence-corrected chi connectivity index (χ2v) is 6.82. The molecule has 2 aromatic carbocycles. The Kier molecular flexibility index (Phi) is 5.33. The van der Waals surface area contributed by atoms with Crippen LogP contribution in [0.5, 0.6) is 0 Å². The van der Waals surface area contributed by atoms with Crippen LogP contribution >= 0.6 is 0 Å². The molecule has 6 nitrogen and oxygen atoms in total. The highest BCUT2D eigenvalue weighted by Gasteiger charge is 2.30. The zero-order valence-electron chi connectivity index (χ0n) is 15.0. The Morgan fingerprint density at radius 1 is 1.04 bits per heavy atom. The SMILES string of the molecule is O=C(Nc1ccc(N2CCOCC2)cc1)C1CC(c2ccc(F)cc2)NN1. The Hall–Kier alpha value is -2.48. The van der Waals surface area contributed by atoms with Crippen molar-refractivity contribution < 1.29 is 13.9 Å². The lowest BCUT2D eigenvalue weighted by Gasteiger charge is -2.28. The molecule has 1 amide bonds. The molecule has 0 aromatic heterocycles. The lowest BCUT2D eigenvalue weighted by atomic mass is 10.0. The Balaban J connectivity index is 1.33. The first-order valence-corrected chi connectivity index (χ1v) is 9.19. The maximum atomic E-state index is 13.1. The van der Waals surface area contributed by atoms with Crippen LogP contribution in [0.15, 0.2) is 48.5 Å². The van der Waals surface area contributed by atoms with Gasteiger partial charge in [-0.2, -0.15) is 0 Å². The van der Waals surface area contributed by atoms with Gasteiger partial charge in [0.2, 0.25) is 5.91 Å². The number of nitrogens with zero attached hydrogens (tertiary/aromatic N) is 1. The summed E-state index contributed by atoms with van der Waals surface area (Å²) in [7, 11) is 0. The number of amides is 1. The Bertz CT molecular complexity index is 776. The summed E-state index contributed by atoms with van der Waals surface area (Å²) in [6.45, 7) is 3.25. The van der Waals surface area contributed by atoms with Gasteiger partial charge in [0.15, 0.2) is 0 Å². The number of halogens is 1. The summed E-state index contributed by atoms with van der Waals surface area (Å²) >= 11 is 0. The molecule has 0 saturated carbocycles. The van der Waals surface area contributed by atoms with E-state index in [1.165, 1.54) is 12.1 Å². The quantitative estimate of drug-likeness (QED) is 0.770. The fraction of sp³-hybridized carbons (Fsp3) is 0.350. The molecule has 2 aromatic rings. The van der Waals surface area contributed by atoms with Crippen molar-refractivity contribution in [3.8, 4) is 0 Å². The summed E-state index contributed by atoms with van der Waals surface area (Å²) in [6, 6.07) is 13.8. The Morgan fingerprint density at radius 3 is 2.44 bits per heavy atom. The van der Waals surface area contributed by atoms with E-state index in [0.29, 0.717) is 6.42 Å². The van der Waals surface area contributed by atoms with E-state index in [1.807, 2.05) is 24.3 Å². The molecule has 2 heterocycles. The standard InChI is InChI=1S/C20H23FN4O2/c21-15-3-1-14(2-4-15)18-13-19(24-23-18)20(26)22-16-5-7-17(8-6-16)25-9-11-27-12-10-25/h1-8,18-19,23-24H,9-13H2,(H,22,26). The van der Waals surface area contributed by atoms with E-state index in [2.05, 4.69) is 21.1 Å². The third-order valence-electron chi connectivity index (χ3n) is 5.00. The molecule has 2 atom stereocenters. The second-order valence-electron chi connectivity index (χ2n) is 6.82. The first kappa shape index (κ1) is 17.9. The van der Waals surface area contributed by atoms with Gasteiger partial charge in [-0.05, 0) is 48.4 Å². The van der Waals surface area contributed by atoms with Crippen molar-refractivity contribution in [3.63, 3.8) is 0 Å². The molecule has 2 saturated heterocycles. The predicted molar refractivity (Wildman–Crippen MR) is 102 cm³/mol. The number of ether oxygens (including phenoxy) is 1. The average Bonchev–Trinajstić information content (AvgIpc) is 3.20. The first-order chi connectivity index (χ1) is 13.2. The smallest absolute Gasteiger partial charge is 0.242 e. The Morgan fingerprint density at radius 2 is 1.74 bits per heavy atom. The van der Waals surface area contributed by atoms with Crippen LogP contribution < -0.4 is 21.1 Å². The number of hydrogen-bond donors (Lipinski definition) is 3. The highest BCUT2D eigenvalue weighted by molar-refractivity contribution is 5.95. The summed E-state index contributed by atoms with van der Waals surface area (Å²) < 4.78 is 18.4. The van der Waals surface area contributed by atoms with Crippen molar-refractivity contribution in [3.05, 3.63) is 59.9 Å². The van der Waals surface area contributed by atoms with Gasteiger partial charge in [-0.1, -0.05) is 12.1 Å². The summed E-state index contributed by atoms with van der Waals surface area (Å²) in [6.07, 6.45) is 0.601. The molecule has 0 bridgehead atoms. The van der Waals surface area contributed by atoms with Gasteiger partial charge in [0.25, 0.3) is 0 Å². The Labute approximate surface area is 157 Å². The number of rotatable bonds is 4. The monoisotopic (exact) mass is 370 g/mol. The van der Waals surface area contributed by atoms with E-state index >= 15 is 0 Å². The van der Waals surface area contributed by atoms with Gasteiger partial charge in [-0.25, -0.2) is 15.2 Å². The molecule has 7 heteroatoms. The van der Waals surface area contributed by atoms with Crippen molar-refractivity contribution in [1.29, 1.82) is 0 Å². The average molecular weight is 370 g/mol. The minimum atomic E-state index is -0.348. The van der Waals surface area contributed by atoms with Crippen LogP contribution in [0.3, 0.4) is 0 Å². The molecular weight excluding hydrogens is 347 g/mol. The molecule has 2 aliphatic rings. The van der Waals surface area contributed by atoms with Crippen LogP contribution in [-0.2, 0) is 9.53 Å². The van der Waals surface area contributed by atoms with Crippen molar-refractivity contribution >= 4 is 17.3 Å². The van der Waals surface area contributed by atoms with E-state index in [4.69, 9.17) is 4.74 Å². The van der Waals surface area contributed by atoms with Crippen molar-refractivity contribution in [2.75, 3.05) is 36.5 Å². The second kappa shape index (κ2) is 8.04. The van der Waals surface area contributed by atoms with Gasteiger partial charge in [-0.3, -0.25) is 4.79 Å². The highest BCUT2D eigenvalue weighted by Crippen LogP contribution is 2.24. The fourth-order valence-corrected chi connectivity index (χ4v) is 3.45. The lowest BCUT2D eigenvalue weighted by molar-refractivity contribution is -0.117. The van der Waals surface area contributed by atoms with Crippen molar-refractivity contribution in [2.45, 2.75) is 18.5 Å². The van der Waals surface area contributed by atoms with Crippen LogP contribution in [0.1, 0.15) is 18.0 Å². The molecule has 0 aliphatic carbocycles. The number of nitrogens with one attached hydrogen (secondary N) is 3. The number of carbonyl (C=O) groups is 1. The minimum absolute atomic E-state index is 0.0231. The fourth-order valence-electron chi connectivity index (χ4n) is 3.45. The number of carbonyl (C=O) groups excluding carboxylic acids is 1. The van der Waals surface area contributed by atoms with E-state index in [-0.39, 0.29) is 23.8 Å². The van der Waals surface area contributed by atoms with Crippen LogP contribution in [-0.4, -0.2) is 38.3 Å². The van der Waals surface area contributed by atoms with Gasteiger partial charge in [0.05, 0.1) is 13.2 Å². The topological polar surface area (TPSA) is 65.6 Å². The third kappa shape index (κ3) is 4.27. The first-order valence-electron chi connectivity index (χ1n) is 9.19. The lowest BCUT2D eigenvalue weighted by Crippen LogP contribution is -2.39. The molecule has 27 heavy (non-hydrogen) atoms. The number of morpholine rings is 1. The molecule has 2 aliphatic heterocycles. The van der Waals surface area contributed by atoms with Crippen molar-refractivity contribution in [1.82, 2.24) is 10.9 Å². The summed E-state index contributed by atoms with van der Waals surface area (Å²) in [5, 5.41) is 2.95. The molecule has 0 radical (unpaired) electrons. The molecular formula is C20H23FN4O2. The number of benzene rings is 2. The maximum absolute atomic E-state index is 13.1. The third-order valence-corrected chi connectivity index (χ3v) is 5.00. The van der Waals surface area contributed by atoms with Crippen LogP contribution in [0, 0.1) is 5.82 Å². The largest absolute Gasteiger partial charge is 0.378 e. The number of hydrazine groups is 1. The molecule has 2 fully saturated rings. The summed E-state index contributed by atoms with van der Waals surface area (Å²) in [5.41, 5.74) is 8.99. The zero-order chi connectivity index (χ0) is 18.6. The molecule has 3 N–H and O–H groups in total. The maximum Gasteiger partial charge on any atom is 0.242 e. The minimum Gasteiger partial charge on any atom is -0.378 e. The predicted octanol–water partition coefficient (Wildman–Crippen LogP) is 2.21. The van der Waals surface area contributed by atoms with Gasteiger partial charge < -0.3 is 15.0 Å².